The van der Waals surface area contributed by atoms with Gasteiger partial charge in [-0.15, -0.1) is 0 Å². The van der Waals surface area contributed by atoms with Crippen molar-refractivity contribution >= 4 is 29.8 Å². The van der Waals surface area contributed by atoms with E-state index in [1.807, 2.05) is 0 Å². The molecule has 4 aliphatic rings. The minimum Gasteiger partial charge on any atom is -0.456 e. The molecule has 0 radical (unpaired) electrons. The summed E-state index contributed by atoms with van der Waals surface area (Å²) in [6, 6.07) is 15.4. The van der Waals surface area contributed by atoms with E-state index < -0.39 is 119 Å². The maximum absolute atomic E-state index is 15.1. The molecule has 3 aliphatic carbocycles. The van der Waals surface area contributed by atoms with Crippen molar-refractivity contribution in [3.8, 4) is 0 Å². The Hall–Kier alpha value is -4.67. The van der Waals surface area contributed by atoms with Crippen LogP contribution < -0.4 is 5.32 Å². The molecule has 1 unspecified atom stereocenters. The normalized spacial score (nSPS) is 32.7. The topological polar surface area (TPSA) is 213 Å². The minimum absolute atomic E-state index is 0.0157. The number of rotatable bonds is 10. The lowest BCUT2D eigenvalue weighted by atomic mass is 9.44. The van der Waals surface area contributed by atoms with Gasteiger partial charge in [-0.1, -0.05) is 62.4 Å². The van der Waals surface area contributed by atoms with E-state index in [1.165, 1.54) is 26.0 Å². The number of ketones is 1. The molecule has 2 saturated carbocycles. The van der Waals surface area contributed by atoms with Crippen LogP contribution in [0.4, 0.5) is 4.79 Å². The first-order valence-electron chi connectivity index (χ1n) is 20.7. The molecule has 0 spiro atoms. The summed E-state index contributed by atoms with van der Waals surface area (Å²) in [5, 5.41) is 40.6. The lowest BCUT2D eigenvalue weighted by Gasteiger charge is -2.67. The van der Waals surface area contributed by atoms with Crippen LogP contribution in [0.5, 0.6) is 0 Å². The van der Waals surface area contributed by atoms with Gasteiger partial charge in [-0.3, -0.25) is 9.59 Å². The highest BCUT2D eigenvalue weighted by atomic mass is 16.6. The number of esters is 3. The predicted molar refractivity (Wildman–Crippen MR) is 218 cm³/mol. The van der Waals surface area contributed by atoms with E-state index in [2.05, 4.69) is 5.32 Å². The van der Waals surface area contributed by atoms with E-state index in [4.69, 9.17) is 28.4 Å². The third kappa shape index (κ3) is 8.11. The van der Waals surface area contributed by atoms with Crippen LogP contribution in [0.15, 0.2) is 71.8 Å². The van der Waals surface area contributed by atoms with Crippen LogP contribution in [-0.2, 0) is 42.8 Å². The fourth-order valence-corrected chi connectivity index (χ4v) is 9.97. The zero-order chi connectivity index (χ0) is 45.0. The summed E-state index contributed by atoms with van der Waals surface area (Å²) in [7, 11) is 0. The quantitative estimate of drug-likeness (QED) is 0.145. The Morgan fingerprint density at radius 1 is 0.934 bits per heavy atom. The van der Waals surface area contributed by atoms with Crippen molar-refractivity contribution in [2.45, 2.75) is 148 Å². The number of hydrogen-bond donors (Lipinski definition) is 4. The van der Waals surface area contributed by atoms with Crippen LogP contribution in [0.25, 0.3) is 0 Å². The molecule has 3 fully saturated rings. The number of Topliss-reactive ketones (excluding diaryl/α,β-unsaturated/α-hetero) is 1. The van der Waals surface area contributed by atoms with E-state index in [-0.39, 0.29) is 29.7 Å². The van der Waals surface area contributed by atoms with E-state index >= 15 is 4.79 Å². The second kappa shape index (κ2) is 16.6. The molecule has 11 atom stereocenters. The number of amides is 1. The summed E-state index contributed by atoms with van der Waals surface area (Å²) in [6.07, 6.45) is -11.2. The highest BCUT2D eigenvalue weighted by Crippen LogP contribution is 2.64. The lowest BCUT2D eigenvalue weighted by molar-refractivity contribution is -0.346. The van der Waals surface area contributed by atoms with Gasteiger partial charge < -0.3 is 49.1 Å². The zero-order valence-corrected chi connectivity index (χ0v) is 36.4. The number of carbonyl (C=O) groups is 5. The van der Waals surface area contributed by atoms with Gasteiger partial charge in [0.25, 0.3) is 0 Å². The van der Waals surface area contributed by atoms with Crippen LogP contribution in [0.2, 0.25) is 0 Å². The molecule has 15 nitrogen and oxygen atoms in total. The van der Waals surface area contributed by atoms with Crippen molar-refractivity contribution < 1.29 is 67.7 Å². The Labute approximate surface area is 356 Å². The average molecular weight is 850 g/mol. The van der Waals surface area contributed by atoms with Crippen molar-refractivity contribution in [2.75, 3.05) is 6.61 Å². The highest BCUT2D eigenvalue weighted by molar-refractivity contribution is 5.94. The van der Waals surface area contributed by atoms with Gasteiger partial charge in [0.2, 0.25) is 0 Å². The number of benzene rings is 2. The van der Waals surface area contributed by atoms with Gasteiger partial charge >= 0.3 is 24.0 Å². The first-order valence-corrected chi connectivity index (χ1v) is 20.7. The van der Waals surface area contributed by atoms with Crippen LogP contribution in [0, 0.1) is 16.7 Å². The maximum Gasteiger partial charge on any atom is 0.408 e. The van der Waals surface area contributed by atoms with E-state index in [1.54, 1.807) is 104 Å². The SMILES string of the molecule is CC(=O)O[C@@]12COC1C[C@H](O)[C@@]1(C)C(=O)[C@H](O)C3=C(C)[C@@H](OC(=O)[C@H](OC(C)C)[C@@H](NC(=O)OC(C)(C)C)c4ccccc4)C[C@@](O)([C@@H](OC(=O)c4ccccc4)[C@@H]12)C3(C)C. The van der Waals surface area contributed by atoms with Crippen LogP contribution in [0.3, 0.4) is 0 Å². The van der Waals surface area contributed by atoms with Gasteiger partial charge in [0, 0.05) is 25.2 Å². The van der Waals surface area contributed by atoms with Crippen LogP contribution >= 0.6 is 0 Å². The summed E-state index contributed by atoms with van der Waals surface area (Å²) in [5.74, 6) is -5.00. The number of hydrogen-bond acceptors (Lipinski definition) is 14. The van der Waals surface area contributed by atoms with Gasteiger partial charge in [0.05, 0.1) is 41.8 Å². The summed E-state index contributed by atoms with van der Waals surface area (Å²) in [5.41, 5.74) is -7.74. The molecule has 2 bridgehead atoms. The third-order valence-corrected chi connectivity index (χ3v) is 13.0. The summed E-state index contributed by atoms with van der Waals surface area (Å²) in [4.78, 5) is 70.3. The zero-order valence-electron chi connectivity index (χ0n) is 36.4. The van der Waals surface area contributed by atoms with Crippen molar-refractivity contribution in [3.63, 3.8) is 0 Å². The molecule has 1 aliphatic heterocycles. The molecule has 332 valence electrons. The van der Waals surface area contributed by atoms with Crippen molar-refractivity contribution in [1.82, 2.24) is 5.32 Å². The number of aliphatic hydroxyl groups excluding tert-OH is 2. The fraction of sp³-hybridized carbons (Fsp3) is 0.587. The molecule has 6 rings (SSSR count). The number of aliphatic hydroxyl groups is 3. The molecule has 2 aromatic carbocycles. The molecular weight excluding hydrogens is 790 g/mol. The maximum atomic E-state index is 15.1. The van der Waals surface area contributed by atoms with Gasteiger partial charge in [0.1, 0.15) is 35.6 Å². The second-order valence-corrected chi connectivity index (χ2v) is 18.7. The molecular formula is C46H59NO14. The Kier molecular flexibility index (Phi) is 12.4. The second-order valence-electron chi connectivity index (χ2n) is 18.7. The molecule has 61 heavy (non-hydrogen) atoms. The number of carbonyl (C=O) groups excluding carboxylic acids is 5. The molecule has 2 aromatic rings. The third-order valence-electron chi connectivity index (χ3n) is 13.0. The smallest absolute Gasteiger partial charge is 0.408 e. The summed E-state index contributed by atoms with van der Waals surface area (Å²) >= 11 is 0. The summed E-state index contributed by atoms with van der Waals surface area (Å²) in [6.45, 7) is 15.5. The van der Waals surface area contributed by atoms with Gasteiger partial charge in [0.15, 0.2) is 17.5 Å². The number of ether oxygens (including phenoxy) is 6. The van der Waals surface area contributed by atoms with Crippen molar-refractivity contribution in [2.24, 2.45) is 16.7 Å². The van der Waals surface area contributed by atoms with E-state index in [9.17, 15) is 34.5 Å². The monoisotopic (exact) mass is 849 g/mol. The summed E-state index contributed by atoms with van der Waals surface area (Å²) < 4.78 is 36.4. The molecule has 4 N–H and O–H groups in total. The largest absolute Gasteiger partial charge is 0.456 e. The van der Waals surface area contributed by atoms with Crippen molar-refractivity contribution in [3.05, 3.63) is 82.9 Å². The molecule has 15 heteroatoms. The van der Waals surface area contributed by atoms with E-state index in [0.29, 0.717) is 5.56 Å². The Balaban J connectivity index is 1.52. The highest BCUT2D eigenvalue weighted by Gasteiger charge is 2.78. The minimum atomic E-state index is -2.32. The van der Waals surface area contributed by atoms with E-state index in [0.717, 1.165) is 0 Å². The average Bonchev–Trinajstić information content (AvgIpc) is 3.17. The van der Waals surface area contributed by atoms with Crippen LogP contribution in [0.1, 0.15) is 104 Å². The van der Waals surface area contributed by atoms with Crippen molar-refractivity contribution in [1.29, 1.82) is 0 Å². The first-order chi connectivity index (χ1) is 28.4. The van der Waals surface area contributed by atoms with Gasteiger partial charge in [-0.2, -0.15) is 0 Å². The predicted octanol–water partition coefficient (Wildman–Crippen LogP) is 4.69. The molecule has 1 heterocycles. The molecule has 1 amide bonds. The first kappa shape index (κ1) is 45.8. The Morgan fingerprint density at radius 3 is 2.08 bits per heavy atom. The van der Waals surface area contributed by atoms with Gasteiger partial charge in [-0.05, 0) is 77.3 Å². The van der Waals surface area contributed by atoms with Gasteiger partial charge in [-0.25, -0.2) is 14.4 Å². The number of nitrogens with one attached hydrogen (secondary N) is 1. The number of fused-ring (bicyclic) bond motifs is 5. The number of alkyl carbamates (subject to hydrolysis) is 1. The Bertz CT molecular complexity index is 2040. The molecule has 0 aromatic heterocycles. The lowest BCUT2D eigenvalue weighted by Crippen LogP contribution is -2.81. The van der Waals surface area contributed by atoms with Crippen LogP contribution in [-0.4, -0.2) is 111 Å². The Morgan fingerprint density at radius 2 is 1.54 bits per heavy atom. The molecule has 1 saturated heterocycles. The standard InChI is InChI=1S/C46H59NO14/c1-24(2)57-35(33(27-17-13-11-14-18-27)47-41(54)61-42(5,6)7)40(53)58-29-22-46(55)38(59-39(52)28-19-15-12-16-20-28)36-44(10,37(51)34(50)32(25(29)3)43(46,8)9)30(49)21-31-45(36,23-56-31)60-26(4)48/h11-20,24,29-31,33-36,38,49-50,55H,21-23H2,1-10H3,(H,47,54)/t29-,30-,31?,33-,34+,35+,36-,38-,44+,45-,46+/m0/s1. The fourth-order valence-electron chi connectivity index (χ4n) is 9.97.